The van der Waals surface area contributed by atoms with Crippen molar-refractivity contribution in [3.8, 4) is 0 Å². The van der Waals surface area contributed by atoms with Gasteiger partial charge in [-0.3, -0.25) is 0 Å². The molecule has 0 aliphatic heterocycles. The number of hydrogen-bond acceptors (Lipinski definition) is 4. The summed E-state index contributed by atoms with van der Waals surface area (Å²) in [5.41, 5.74) is 6.06. The summed E-state index contributed by atoms with van der Waals surface area (Å²) in [5.74, 6) is 2.36. The molecule has 1 aliphatic carbocycles. The van der Waals surface area contributed by atoms with Crippen LogP contribution in [-0.4, -0.2) is 10.1 Å². The van der Waals surface area contributed by atoms with Gasteiger partial charge in [0.2, 0.25) is 5.89 Å². The van der Waals surface area contributed by atoms with Crippen LogP contribution in [0, 0.1) is 5.92 Å². The van der Waals surface area contributed by atoms with E-state index in [1.807, 2.05) is 0 Å². The molecule has 1 fully saturated rings. The van der Waals surface area contributed by atoms with E-state index in [9.17, 15) is 0 Å². The Morgan fingerprint density at radius 2 is 2.12 bits per heavy atom. The molecule has 0 amide bonds. The smallest absolute Gasteiger partial charge is 0.243 e. The summed E-state index contributed by atoms with van der Waals surface area (Å²) in [4.78, 5) is 4.46. The Morgan fingerprint density at radius 1 is 1.44 bits per heavy atom. The van der Waals surface area contributed by atoms with Crippen molar-refractivity contribution in [1.29, 1.82) is 0 Å². The summed E-state index contributed by atoms with van der Waals surface area (Å²) in [6.07, 6.45) is 5.98. The zero-order valence-corrected chi connectivity index (χ0v) is 10.1. The summed E-state index contributed by atoms with van der Waals surface area (Å²) in [5, 5.41) is 4.07. The lowest BCUT2D eigenvalue weighted by Gasteiger charge is -2.13. The predicted molar refractivity (Wildman–Crippen MR) is 61.9 cm³/mol. The molecule has 1 saturated carbocycles. The molecule has 1 unspecified atom stereocenters. The molecule has 0 aromatic carbocycles. The van der Waals surface area contributed by atoms with Crippen molar-refractivity contribution in [3.63, 3.8) is 0 Å². The lowest BCUT2D eigenvalue weighted by atomic mass is 10.0. The van der Waals surface area contributed by atoms with Crippen molar-refractivity contribution < 1.29 is 4.52 Å². The molecule has 1 heterocycles. The molecule has 0 bridgehead atoms. The first-order valence-electron chi connectivity index (χ1n) is 6.31. The largest absolute Gasteiger partial charge is 0.338 e. The highest BCUT2D eigenvalue weighted by atomic mass is 16.5. The Morgan fingerprint density at radius 3 is 2.75 bits per heavy atom. The highest BCUT2D eigenvalue weighted by Gasteiger charge is 2.25. The molecule has 2 rings (SSSR count). The van der Waals surface area contributed by atoms with Gasteiger partial charge in [0.25, 0.3) is 0 Å². The van der Waals surface area contributed by atoms with Crippen molar-refractivity contribution in [2.75, 3.05) is 0 Å². The van der Waals surface area contributed by atoms with Gasteiger partial charge in [-0.05, 0) is 18.8 Å². The maximum absolute atomic E-state index is 6.06. The highest BCUT2D eigenvalue weighted by Crippen LogP contribution is 2.33. The van der Waals surface area contributed by atoms with E-state index in [0.29, 0.717) is 17.7 Å². The Balaban J connectivity index is 2.06. The monoisotopic (exact) mass is 223 g/mol. The molecule has 1 aromatic rings. The molecule has 4 nitrogen and oxygen atoms in total. The maximum atomic E-state index is 6.06. The predicted octanol–water partition coefficient (Wildman–Crippen LogP) is 2.77. The maximum Gasteiger partial charge on any atom is 0.243 e. The van der Waals surface area contributed by atoms with Gasteiger partial charge in [-0.1, -0.05) is 38.3 Å². The fourth-order valence-electron chi connectivity index (χ4n) is 2.23. The van der Waals surface area contributed by atoms with Crippen LogP contribution in [0.3, 0.4) is 0 Å². The van der Waals surface area contributed by atoms with E-state index in [1.165, 1.54) is 25.7 Å². The van der Waals surface area contributed by atoms with Gasteiger partial charge in [0.05, 0.1) is 6.04 Å². The lowest BCUT2D eigenvalue weighted by molar-refractivity contribution is 0.309. The van der Waals surface area contributed by atoms with E-state index in [0.717, 1.165) is 12.2 Å². The van der Waals surface area contributed by atoms with Crippen LogP contribution in [0.1, 0.15) is 69.6 Å². The molecule has 4 heteroatoms. The lowest BCUT2D eigenvalue weighted by Crippen LogP contribution is -2.19. The van der Waals surface area contributed by atoms with Crippen LogP contribution >= 0.6 is 0 Å². The first-order chi connectivity index (χ1) is 7.72. The number of nitrogens with zero attached hydrogens (tertiary/aromatic N) is 2. The first-order valence-corrected chi connectivity index (χ1v) is 6.31. The third-order valence-corrected chi connectivity index (χ3v) is 3.72. The van der Waals surface area contributed by atoms with Crippen LogP contribution in [0.4, 0.5) is 0 Å². The minimum Gasteiger partial charge on any atom is -0.338 e. The Bertz CT molecular complexity index is 331. The van der Waals surface area contributed by atoms with Gasteiger partial charge in [-0.15, -0.1) is 0 Å². The molecule has 1 aromatic heterocycles. The van der Waals surface area contributed by atoms with Gasteiger partial charge in [-0.2, -0.15) is 4.98 Å². The van der Waals surface area contributed by atoms with Gasteiger partial charge in [0, 0.05) is 5.92 Å². The molecule has 16 heavy (non-hydrogen) atoms. The van der Waals surface area contributed by atoms with Gasteiger partial charge in [0.1, 0.15) is 0 Å². The minimum absolute atomic E-state index is 0.118. The zero-order chi connectivity index (χ0) is 11.5. The number of rotatable bonds is 4. The molecule has 0 radical (unpaired) electrons. The fraction of sp³-hybridized carbons (Fsp3) is 0.833. The summed E-state index contributed by atoms with van der Waals surface area (Å²) in [6.45, 7) is 4.24. The number of aromatic nitrogens is 2. The van der Waals surface area contributed by atoms with Crippen LogP contribution in [-0.2, 0) is 0 Å². The van der Waals surface area contributed by atoms with Crippen molar-refractivity contribution in [2.24, 2.45) is 11.7 Å². The van der Waals surface area contributed by atoms with E-state index in [2.05, 4.69) is 24.0 Å². The SMILES string of the molecule is CCC(C)[C@H](N)c1nc(C2CCCC2)no1. The van der Waals surface area contributed by atoms with Crippen LogP contribution in [0.2, 0.25) is 0 Å². The minimum atomic E-state index is -0.118. The Hall–Kier alpha value is -0.900. The van der Waals surface area contributed by atoms with Crippen LogP contribution < -0.4 is 5.73 Å². The second kappa shape index (κ2) is 4.95. The summed E-state index contributed by atoms with van der Waals surface area (Å²) in [6, 6.07) is -0.118. The Kier molecular flexibility index (Phi) is 3.59. The van der Waals surface area contributed by atoms with E-state index in [4.69, 9.17) is 10.3 Å². The summed E-state index contributed by atoms with van der Waals surface area (Å²) in [7, 11) is 0. The standard InChI is InChI=1S/C12H21N3O/c1-3-8(2)10(13)12-14-11(15-16-12)9-6-4-5-7-9/h8-10H,3-7,13H2,1-2H3/t8?,10-/m0/s1. The van der Waals surface area contributed by atoms with E-state index in [-0.39, 0.29) is 6.04 Å². The van der Waals surface area contributed by atoms with Crippen LogP contribution in [0.15, 0.2) is 4.52 Å². The molecule has 2 atom stereocenters. The molecule has 0 spiro atoms. The molecule has 1 aliphatic rings. The topological polar surface area (TPSA) is 64.9 Å². The van der Waals surface area contributed by atoms with E-state index in [1.54, 1.807) is 0 Å². The molecular weight excluding hydrogens is 202 g/mol. The van der Waals surface area contributed by atoms with Crippen LogP contribution in [0.25, 0.3) is 0 Å². The van der Waals surface area contributed by atoms with Crippen molar-refractivity contribution in [1.82, 2.24) is 10.1 Å². The number of hydrogen-bond donors (Lipinski definition) is 1. The van der Waals surface area contributed by atoms with E-state index < -0.39 is 0 Å². The first kappa shape index (κ1) is 11.6. The van der Waals surface area contributed by atoms with Gasteiger partial charge in [-0.25, -0.2) is 0 Å². The average molecular weight is 223 g/mol. The van der Waals surface area contributed by atoms with Crippen molar-refractivity contribution in [2.45, 2.75) is 57.9 Å². The van der Waals surface area contributed by atoms with Gasteiger partial charge >= 0.3 is 0 Å². The number of nitrogens with two attached hydrogens (primary N) is 1. The third-order valence-electron chi connectivity index (χ3n) is 3.72. The molecule has 90 valence electrons. The quantitative estimate of drug-likeness (QED) is 0.852. The second-order valence-corrected chi connectivity index (χ2v) is 4.88. The van der Waals surface area contributed by atoms with Gasteiger partial charge < -0.3 is 10.3 Å². The zero-order valence-electron chi connectivity index (χ0n) is 10.1. The van der Waals surface area contributed by atoms with E-state index >= 15 is 0 Å². The average Bonchev–Trinajstić information content (AvgIpc) is 2.96. The fourth-order valence-corrected chi connectivity index (χ4v) is 2.23. The third kappa shape index (κ3) is 2.26. The molecule has 2 N–H and O–H groups in total. The van der Waals surface area contributed by atoms with Crippen LogP contribution in [0.5, 0.6) is 0 Å². The van der Waals surface area contributed by atoms with Gasteiger partial charge in [0.15, 0.2) is 5.82 Å². The van der Waals surface area contributed by atoms with Crippen molar-refractivity contribution in [3.05, 3.63) is 11.7 Å². The normalized spacial score (nSPS) is 21.2. The molecular formula is C12H21N3O. The molecule has 0 saturated heterocycles. The summed E-state index contributed by atoms with van der Waals surface area (Å²) >= 11 is 0. The second-order valence-electron chi connectivity index (χ2n) is 4.88. The highest BCUT2D eigenvalue weighted by molar-refractivity contribution is 5.00. The summed E-state index contributed by atoms with van der Waals surface area (Å²) < 4.78 is 5.28. The van der Waals surface area contributed by atoms with Crippen molar-refractivity contribution >= 4 is 0 Å². The Labute approximate surface area is 96.6 Å².